The van der Waals surface area contributed by atoms with E-state index in [1.165, 1.54) is 9.75 Å². The molecule has 1 aromatic heterocycles. The molecular weight excluding hydrogens is 242 g/mol. The van der Waals surface area contributed by atoms with Crippen LogP contribution in [0.4, 0.5) is 0 Å². The highest BCUT2D eigenvalue weighted by Gasteiger charge is 2.37. The van der Waals surface area contributed by atoms with E-state index in [-0.39, 0.29) is 5.41 Å². The van der Waals surface area contributed by atoms with E-state index in [9.17, 15) is 4.79 Å². The van der Waals surface area contributed by atoms with E-state index in [1.807, 2.05) is 0 Å². The number of piperidine rings is 1. The van der Waals surface area contributed by atoms with Crippen LogP contribution in [0.5, 0.6) is 0 Å². The number of rotatable bonds is 5. The van der Waals surface area contributed by atoms with Crippen molar-refractivity contribution in [3.05, 3.63) is 21.9 Å². The second-order valence-electron chi connectivity index (χ2n) is 5.24. The van der Waals surface area contributed by atoms with Crippen LogP contribution < -0.4 is 5.32 Å². The molecule has 1 fully saturated rings. The largest absolute Gasteiger partial charge is 0.316 e. The van der Waals surface area contributed by atoms with Crippen LogP contribution in [-0.4, -0.2) is 18.9 Å². The van der Waals surface area contributed by atoms with Gasteiger partial charge in [-0.1, -0.05) is 13.8 Å². The Labute approximate surface area is 114 Å². The highest BCUT2D eigenvalue weighted by Crippen LogP contribution is 2.33. The summed E-state index contributed by atoms with van der Waals surface area (Å²) < 4.78 is 0. The number of nitrogens with one attached hydrogen (secondary N) is 1. The maximum atomic E-state index is 12.6. The number of thiophene rings is 1. The Kier molecular flexibility index (Phi) is 4.57. The summed E-state index contributed by atoms with van der Waals surface area (Å²) in [5.74, 6) is 0.432. The predicted octanol–water partition coefficient (Wildman–Crippen LogP) is 3.20. The Hall–Kier alpha value is -0.670. The highest BCUT2D eigenvalue weighted by atomic mass is 32.1. The molecule has 0 spiro atoms. The number of carbonyl (C=O) groups excluding carboxylic acids is 1. The maximum absolute atomic E-state index is 12.6. The molecule has 1 N–H and O–H groups in total. The van der Waals surface area contributed by atoms with Crippen molar-refractivity contribution in [2.75, 3.05) is 13.1 Å². The zero-order valence-corrected chi connectivity index (χ0v) is 12.2. The number of hydrogen-bond donors (Lipinski definition) is 1. The van der Waals surface area contributed by atoms with E-state index >= 15 is 0 Å². The number of aryl methyl sites for hydroxylation is 1. The van der Waals surface area contributed by atoms with Gasteiger partial charge in [-0.15, -0.1) is 11.3 Å². The molecule has 1 atom stereocenters. The smallest absolute Gasteiger partial charge is 0.145 e. The predicted molar refractivity (Wildman–Crippen MR) is 77.2 cm³/mol. The molecule has 0 radical (unpaired) electrons. The first-order chi connectivity index (χ1) is 8.70. The van der Waals surface area contributed by atoms with E-state index in [0.717, 1.165) is 38.8 Å². The maximum Gasteiger partial charge on any atom is 0.145 e. The van der Waals surface area contributed by atoms with Gasteiger partial charge in [-0.25, -0.2) is 0 Å². The third kappa shape index (κ3) is 2.83. The van der Waals surface area contributed by atoms with Crippen molar-refractivity contribution in [1.29, 1.82) is 0 Å². The lowest BCUT2D eigenvalue weighted by Crippen LogP contribution is -2.45. The molecule has 2 rings (SSSR count). The molecule has 0 amide bonds. The normalized spacial score (nSPS) is 24.1. The molecule has 1 aliphatic rings. The van der Waals surface area contributed by atoms with Crippen LogP contribution in [0.15, 0.2) is 12.1 Å². The van der Waals surface area contributed by atoms with Gasteiger partial charge in [0, 0.05) is 28.1 Å². The topological polar surface area (TPSA) is 29.1 Å². The Morgan fingerprint density at radius 3 is 2.72 bits per heavy atom. The number of Topliss-reactive ketones (excluding diaryl/α,β-unsaturated/α-hetero) is 1. The minimum absolute atomic E-state index is 0.103. The molecule has 1 aliphatic heterocycles. The fourth-order valence-corrected chi connectivity index (χ4v) is 3.71. The summed E-state index contributed by atoms with van der Waals surface area (Å²) in [5.41, 5.74) is -0.103. The van der Waals surface area contributed by atoms with Crippen LogP contribution in [-0.2, 0) is 17.6 Å². The lowest BCUT2D eigenvalue weighted by atomic mass is 9.74. The van der Waals surface area contributed by atoms with Crippen molar-refractivity contribution in [2.45, 2.75) is 46.0 Å². The first-order valence-electron chi connectivity index (χ1n) is 7.02. The molecule has 0 saturated carbocycles. The molecule has 100 valence electrons. The lowest BCUT2D eigenvalue weighted by molar-refractivity contribution is -0.129. The minimum Gasteiger partial charge on any atom is -0.316 e. The highest BCUT2D eigenvalue weighted by molar-refractivity contribution is 7.12. The first kappa shape index (κ1) is 13.8. The molecule has 2 nitrogen and oxygen atoms in total. The van der Waals surface area contributed by atoms with Crippen LogP contribution in [0.1, 0.15) is 42.9 Å². The summed E-state index contributed by atoms with van der Waals surface area (Å²) in [7, 11) is 0. The van der Waals surface area contributed by atoms with Gasteiger partial charge in [0.05, 0.1) is 0 Å². The van der Waals surface area contributed by atoms with Crippen LogP contribution in [0, 0.1) is 5.41 Å². The Morgan fingerprint density at radius 2 is 2.17 bits per heavy atom. The second-order valence-corrected chi connectivity index (χ2v) is 6.49. The summed E-state index contributed by atoms with van der Waals surface area (Å²) in [6.45, 7) is 6.25. The van der Waals surface area contributed by atoms with Crippen LogP contribution in [0.3, 0.4) is 0 Å². The van der Waals surface area contributed by atoms with Gasteiger partial charge < -0.3 is 5.32 Å². The molecule has 1 aromatic rings. The Balaban J connectivity index is 2.05. The standard InChI is InChI=1S/C15H23NOS/c1-3-12-6-7-13(18-12)10-14(17)15(4-2)8-5-9-16-11-15/h6-7,16H,3-5,8-11H2,1-2H3. The zero-order valence-electron chi connectivity index (χ0n) is 11.4. The number of hydrogen-bond acceptors (Lipinski definition) is 3. The molecule has 1 saturated heterocycles. The number of ketones is 1. The summed E-state index contributed by atoms with van der Waals surface area (Å²) in [4.78, 5) is 15.2. The third-order valence-electron chi connectivity index (χ3n) is 4.14. The Morgan fingerprint density at radius 1 is 1.39 bits per heavy atom. The molecule has 3 heteroatoms. The molecule has 0 bridgehead atoms. The summed E-state index contributed by atoms with van der Waals surface area (Å²) >= 11 is 1.79. The average molecular weight is 265 g/mol. The van der Waals surface area contributed by atoms with E-state index in [4.69, 9.17) is 0 Å². The fraction of sp³-hybridized carbons (Fsp3) is 0.667. The second kappa shape index (κ2) is 5.98. The quantitative estimate of drug-likeness (QED) is 0.886. The van der Waals surface area contributed by atoms with Gasteiger partial charge in [0.25, 0.3) is 0 Å². The monoisotopic (exact) mass is 265 g/mol. The molecule has 1 unspecified atom stereocenters. The van der Waals surface area contributed by atoms with Gasteiger partial charge in [-0.3, -0.25) is 4.79 Å². The molecule has 18 heavy (non-hydrogen) atoms. The molecular formula is C15H23NOS. The van der Waals surface area contributed by atoms with E-state index < -0.39 is 0 Å². The summed E-state index contributed by atoms with van der Waals surface area (Å²) in [6.07, 6.45) is 4.84. The van der Waals surface area contributed by atoms with Crippen molar-refractivity contribution in [2.24, 2.45) is 5.41 Å². The van der Waals surface area contributed by atoms with Gasteiger partial charge in [0.2, 0.25) is 0 Å². The summed E-state index contributed by atoms with van der Waals surface area (Å²) in [6, 6.07) is 4.28. The fourth-order valence-electron chi connectivity index (χ4n) is 2.76. The van der Waals surface area contributed by atoms with E-state index in [2.05, 4.69) is 31.3 Å². The average Bonchev–Trinajstić information content (AvgIpc) is 2.87. The van der Waals surface area contributed by atoms with Gasteiger partial charge >= 0.3 is 0 Å². The lowest BCUT2D eigenvalue weighted by Gasteiger charge is -2.35. The van der Waals surface area contributed by atoms with Crippen LogP contribution in [0.25, 0.3) is 0 Å². The van der Waals surface area contributed by atoms with E-state index in [0.29, 0.717) is 12.2 Å². The van der Waals surface area contributed by atoms with Gasteiger partial charge in [-0.2, -0.15) is 0 Å². The summed E-state index contributed by atoms with van der Waals surface area (Å²) in [5, 5.41) is 3.39. The van der Waals surface area contributed by atoms with Gasteiger partial charge in [-0.05, 0) is 44.4 Å². The SMILES string of the molecule is CCc1ccc(CC(=O)C2(CC)CCCNC2)s1. The number of carbonyl (C=O) groups is 1. The van der Waals surface area contributed by atoms with Crippen molar-refractivity contribution < 1.29 is 4.79 Å². The minimum atomic E-state index is -0.103. The zero-order chi connectivity index (χ0) is 13.0. The van der Waals surface area contributed by atoms with Crippen molar-refractivity contribution >= 4 is 17.1 Å². The van der Waals surface area contributed by atoms with Gasteiger partial charge in [0.1, 0.15) is 5.78 Å². The van der Waals surface area contributed by atoms with E-state index in [1.54, 1.807) is 11.3 Å². The molecule has 0 aliphatic carbocycles. The van der Waals surface area contributed by atoms with Crippen molar-refractivity contribution in [3.63, 3.8) is 0 Å². The molecule has 0 aromatic carbocycles. The first-order valence-corrected chi connectivity index (χ1v) is 7.83. The van der Waals surface area contributed by atoms with Gasteiger partial charge in [0.15, 0.2) is 0 Å². The Bertz CT molecular complexity index is 404. The molecule has 2 heterocycles. The third-order valence-corrected chi connectivity index (χ3v) is 5.37. The van der Waals surface area contributed by atoms with Crippen LogP contribution >= 0.6 is 11.3 Å². The van der Waals surface area contributed by atoms with Crippen molar-refractivity contribution in [3.8, 4) is 0 Å². The van der Waals surface area contributed by atoms with Crippen molar-refractivity contribution in [1.82, 2.24) is 5.32 Å². The van der Waals surface area contributed by atoms with Crippen LogP contribution in [0.2, 0.25) is 0 Å².